The maximum absolute atomic E-state index is 12.6. The Morgan fingerprint density at radius 1 is 1.14 bits per heavy atom. The zero-order valence-corrected chi connectivity index (χ0v) is 13.1. The molecular formula is C16H28N2O3. The van der Waals surface area contributed by atoms with E-state index in [0.29, 0.717) is 5.92 Å². The second kappa shape index (κ2) is 7.78. The third kappa shape index (κ3) is 4.70. The van der Waals surface area contributed by atoms with Crippen LogP contribution in [0.4, 0.5) is 0 Å². The van der Waals surface area contributed by atoms with Crippen LogP contribution in [-0.4, -0.2) is 59.0 Å². The van der Waals surface area contributed by atoms with E-state index in [4.69, 9.17) is 5.11 Å². The summed E-state index contributed by atoms with van der Waals surface area (Å²) in [6, 6.07) is -0.0595. The van der Waals surface area contributed by atoms with Crippen molar-refractivity contribution in [1.29, 1.82) is 0 Å². The topological polar surface area (TPSA) is 60.9 Å². The molecule has 0 bridgehead atoms. The largest absolute Gasteiger partial charge is 0.481 e. The van der Waals surface area contributed by atoms with Crippen LogP contribution in [0.15, 0.2) is 0 Å². The Balaban J connectivity index is 1.84. The molecule has 2 aliphatic rings. The molecule has 21 heavy (non-hydrogen) atoms. The highest BCUT2D eigenvalue weighted by Gasteiger charge is 2.30. The van der Waals surface area contributed by atoms with Crippen molar-refractivity contribution in [2.45, 2.75) is 57.9 Å². The molecule has 120 valence electrons. The maximum Gasteiger partial charge on any atom is 0.303 e. The van der Waals surface area contributed by atoms with Crippen LogP contribution in [0.25, 0.3) is 0 Å². The second-order valence-corrected chi connectivity index (χ2v) is 6.50. The lowest BCUT2D eigenvalue weighted by Gasteiger charge is -2.38. The van der Waals surface area contributed by atoms with E-state index in [0.717, 1.165) is 58.3 Å². The minimum absolute atomic E-state index is 0.0595. The highest BCUT2D eigenvalue weighted by Crippen LogP contribution is 2.23. The van der Waals surface area contributed by atoms with E-state index in [9.17, 15) is 9.59 Å². The molecule has 0 saturated carbocycles. The molecule has 2 rings (SSSR count). The predicted molar refractivity (Wildman–Crippen MR) is 81.1 cm³/mol. The summed E-state index contributed by atoms with van der Waals surface area (Å²) in [5.41, 5.74) is 0. The van der Waals surface area contributed by atoms with E-state index < -0.39 is 5.97 Å². The Hall–Kier alpha value is -1.10. The zero-order chi connectivity index (χ0) is 15.2. The third-order valence-electron chi connectivity index (χ3n) is 4.89. The number of carbonyl (C=O) groups excluding carboxylic acids is 1. The molecule has 5 nitrogen and oxygen atoms in total. The molecule has 2 saturated heterocycles. The van der Waals surface area contributed by atoms with Gasteiger partial charge in [0.1, 0.15) is 0 Å². The van der Waals surface area contributed by atoms with Gasteiger partial charge >= 0.3 is 5.97 Å². The molecule has 0 aromatic heterocycles. The number of amides is 1. The first-order valence-corrected chi connectivity index (χ1v) is 8.32. The smallest absolute Gasteiger partial charge is 0.303 e. The van der Waals surface area contributed by atoms with E-state index in [1.54, 1.807) is 0 Å². The quantitative estimate of drug-likeness (QED) is 0.842. The van der Waals surface area contributed by atoms with Gasteiger partial charge in [-0.2, -0.15) is 0 Å². The first kappa shape index (κ1) is 16.3. The standard InChI is InChI=1S/C16H28N2O3/c1-13(16(21)17-9-3-2-4-10-17)18-11-5-6-14(12-18)7-8-15(19)20/h13-14H,2-12H2,1H3,(H,19,20). The summed E-state index contributed by atoms with van der Waals surface area (Å²) in [7, 11) is 0. The van der Waals surface area contributed by atoms with Crippen LogP contribution in [0.2, 0.25) is 0 Å². The molecule has 1 N–H and O–H groups in total. The Morgan fingerprint density at radius 3 is 2.52 bits per heavy atom. The van der Waals surface area contributed by atoms with Crippen LogP contribution in [0.5, 0.6) is 0 Å². The molecule has 5 heteroatoms. The van der Waals surface area contributed by atoms with Gasteiger partial charge in [-0.25, -0.2) is 0 Å². The van der Waals surface area contributed by atoms with Crippen LogP contribution in [0, 0.1) is 5.92 Å². The van der Waals surface area contributed by atoms with E-state index in [1.807, 2.05) is 11.8 Å². The molecule has 1 amide bonds. The number of nitrogens with zero attached hydrogens (tertiary/aromatic N) is 2. The van der Waals surface area contributed by atoms with Gasteiger partial charge in [0.05, 0.1) is 6.04 Å². The van der Waals surface area contributed by atoms with E-state index in [1.165, 1.54) is 6.42 Å². The summed E-state index contributed by atoms with van der Waals surface area (Å²) >= 11 is 0. The van der Waals surface area contributed by atoms with Crippen molar-refractivity contribution in [3.05, 3.63) is 0 Å². The fraction of sp³-hybridized carbons (Fsp3) is 0.875. The van der Waals surface area contributed by atoms with Crippen molar-refractivity contribution >= 4 is 11.9 Å². The highest BCUT2D eigenvalue weighted by molar-refractivity contribution is 5.81. The summed E-state index contributed by atoms with van der Waals surface area (Å²) in [4.78, 5) is 27.5. The van der Waals surface area contributed by atoms with Crippen LogP contribution in [0.3, 0.4) is 0 Å². The predicted octanol–water partition coefficient (Wildman–Crippen LogP) is 1.96. The van der Waals surface area contributed by atoms with Crippen molar-refractivity contribution in [2.24, 2.45) is 5.92 Å². The monoisotopic (exact) mass is 296 g/mol. The van der Waals surface area contributed by atoms with Crippen molar-refractivity contribution < 1.29 is 14.7 Å². The normalized spacial score (nSPS) is 25.6. The summed E-state index contributed by atoms with van der Waals surface area (Å²) in [5, 5.41) is 8.80. The van der Waals surface area contributed by atoms with E-state index in [2.05, 4.69) is 4.90 Å². The Labute approximate surface area is 127 Å². The number of carbonyl (C=O) groups is 2. The molecule has 2 unspecified atom stereocenters. The first-order valence-electron chi connectivity index (χ1n) is 8.32. The zero-order valence-electron chi connectivity index (χ0n) is 13.1. The van der Waals surface area contributed by atoms with Gasteiger partial charge in [-0.15, -0.1) is 0 Å². The average Bonchev–Trinajstić information content (AvgIpc) is 2.52. The number of carboxylic acids is 1. The lowest BCUT2D eigenvalue weighted by atomic mass is 9.92. The molecule has 2 heterocycles. The van der Waals surface area contributed by atoms with Crippen LogP contribution >= 0.6 is 0 Å². The van der Waals surface area contributed by atoms with Gasteiger partial charge in [-0.3, -0.25) is 14.5 Å². The summed E-state index contributed by atoms with van der Waals surface area (Å²) in [6.07, 6.45) is 6.62. The van der Waals surface area contributed by atoms with Crippen LogP contribution < -0.4 is 0 Å². The Morgan fingerprint density at radius 2 is 1.86 bits per heavy atom. The maximum atomic E-state index is 12.6. The average molecular weight is 296 g/mol. The van der Waals surface area contributed by atoms with Gasteiger partial charge in [0.15, 0.2) is 0 Å². The van der Waals surface area contributed by atoms with Crippen molar-refractivity contribution in [1.82, 2.24) is 9.80 Å². The van der Waals surface area contributed by atoms with E-state index in [-0.39, 0.29) is 18.4 Å². The van der Waals surface area contributed by atoms with Gasteiger partial charge in [0.25, 0.3) is 0 Å². The van der Waals surface area contributed by atoms with Crippen LogP contribution in [-0.2, 0) is 9.59 Å². The summed E-state index contributed by atoms with van der Waals surface area (Å²) < 4.78 is 0. The SMILES string of the molecule is CC(C(=O)N1CCCCC1)N1CCCC(CCC(=O)O)C1. The minimum atomic E-state index is -0.718. The number of hydrogen-bond acceptors (Lipinski definition) is 3. The number of rotatable bonds is 5. The molecule has 0 aromatic carbocycles. The number of carboxylic acid groups (broad SMARTS) is 1. The number of piperidine rings is 2. The van der Waals surface area contributed by atoms with Gasteiger partial charge in [-0.05, 0) is 57.9 Å². The van der Waals surface area contributed by atoms with Crippen molar-refractivity contribution in [3.8, 4) is 0 Å². The number of hydrogen-bond donors (Lipinski definition) is 1. The minimum Gasteiger partial charge on any atom is -0.481 e. The molecule has 2 aliphatic heterocycles. The van der Waals surface area contributed by atoms with Gasteiger partial charge in [-0.1, -0.05) is 0 Å². The summed E-state index contributed by atoms with van der Waals surface area (Å²) in [5.74, 6) is -0.0374. The van der Waals surface area contributed by atoms with Gasteiger partial charge in [0.2, 0.25) is 5.91 Å². The summed E-state index contributed by atoms with van der Waals surface area (Å²) in [6.45, 7) is 5.65. The Bertz CT molecular complexity index is 367. The number of likely N-dealkylation sites (tertiary alicyclic amines) is 2. The Kier molecular flexibility index (Phi) is 6.03. The van der Waals surface area contributed by atoms with E-state index >= 15 is 0 Å². The number of aliphatic carboxylic acids is 1. The van der Waals surface area contributed by atoms with Gasteiger partial charge < -0.3 is 10.0 Å². The fourth-order valence-corrected chi connectivity index (χ4v) is 3.55. The molecule has 0 radical (unpaired) electrons. The first-order chi connectivity index (χ1) is 10.1. The lowest BCUT2D eigenvalue weighted by molar-refractivity contribution is -0.139. The molecule has 2 fully saturated rings. The highest BCUT2D eigenvalue weighted by atomic mass is 16.4. The van der Waals surface area contributed by atoms with Crippen LogP contribution in [0.1, 0.15) is 51.9 Å². The molecular weight excluding hydrogens is 268 g/mol. The molecule has 0 spiro atoms. The molecule has 0 aliphatic carbocycles. The second-order valence-electron chi connectivity index (χ2n) is 6.50. The van der Waals surface area contributed by atoms with Crippen molar-refractivity contribution in [3.63, 3.8) is 0 Å². The molecule has 2 atom stereocenters. The third-order valence-corrected chi connectivity index (χ3v) is 4.89. The fourth-order valence-electron chi connectivity index (χ4n) is 3.55. The van der Waals surface area contributed by atoms with Gasteiger partial charge in [0, 0.05) is 26.1 Å². The van der Waals surface area contributed by atoms with Crippen molar-refractivity contribution in [2.75, 3.05) is 26.2 Å². The molecule has 0 aromatic rings. The lowest BCUT2D eigenvalue weighted by Crippen LogP contribution is -2.51.